The van der Waals surface area contributed by atoms with Crippen LogP contribution in [0, 0.1) is 17.0 Å². The summed E-state index contributed by atoms with van der Waals surface area (Å²) in [5.41, 5.74) is 2.25. The van der Waals surface area contributed by atoms with Gasteiger partial charge in [0.25, 0.3) is 11.2 Å². The van der Waals surface area contributed by atoms with Crippen molar-refractivity contribution in [2.75, 3.05) is 6.54 Å². The van der Waals surface area contributed by atoms with Gasteiger partial charge in [-0.25, -0.2) is 4.98 Å². The number of nitro groups is 1. The molecule has 2 aromatic heterocycles. The third-order valence-corrected chi connectivity index (χ3v) is 4.10. The maximum atomic E-state index is 11.6. The topological polar surface area (TPSA) is 105 Å². The average molecular weight is 315 g/mol. The van der Waals surface area contributed by atoms with E-state index >= 15 is 0 Å². The molecule has 8 nitrogen and oxygen atoms in total. The number of H-pyrrole nitrogens is 1. The van der Waals surface area contributed by atoms with Crippen LogP contribution in [0.25, 0.3) is 0 Å². The first-order valence-electron chi connectivity index (χ1n) is 7.38. The number of nitrogens with zero attached hydrogens (tertiary/aromatic N) is 4. The number of fused-ring (bicyclic) bond motifs is 1. The lowest BCUT2D eigenvalue weighted by Crippen LogP contribution is -2.35. The van der Waals surface area contributed by atoms with E-state index in [-0.39, 0.29) is 17.3 Å². The van der Waals surface area contributed by atoms with E-state index in [4.69, 9.17) is 0 Å². The van der Waals surface area contributed by atoms with Gasteiger partial charge in [0.2, 0.25) is 0 Å². The molecule has 23 heavy (non-hydrogen) atoms. The molecule has 1 N–H and O–H groups in total. The molecule has 0 saturated carbocycles. The molecule has 0 radical (unpaired) electrons. The molecule has 1 atom stereocenters. The van der Waals surface area contributed by atoms with Gasteiger partial charge in [-0.1, -0.05) is 0 Å². The summed E-state index contributed by atoms with van der Waals surface area (Å²) < 4.78 is 0. The van der Waals surface area contributed by atoms with Crippen LogP contribution in [0.3, 0.4) is 0 Å². The SMILES string of the molecule is Cc1cc(=O)[nH]c([C@H](C)N2CCc3ncc([N+](=O)[O-])cc3C2)n1. The highest BCUT2D eigenvalue weighted by molar-refractivity contribution is 5.35. The molecule has 1 aliphatic heterocycles. The summed E-state index contributed by atoms with van der Waals surface area (Å²) in [4.78, 5) is 35.6. The second-order valence-electron chi connectivity index (χ2n) is 5.72. The van der Waals surface area contributed by atoms with E-state index in [0.717, 1.165) is 17.8 Å². The van der Waals surface area contributed by atoms with Gasteiger partial charge in [0, 0.05) is 43.0 Å². The van der Waals surface area contributed by atoms with Crippen LogP contribution in [0.4, 0.5) is 5.69 Å². The maximum absolute atomic E-state index is 11.6. The molecule has 1 aliphatic rings. The second kappa shape index (κ2) is 5.88. The number of aryl methyl sites for hydroxylation is 1. The summed E-state index contributed by atoms with van der Waals surface area (Å²) in [6, 6.07) is 2.94. The van der Waals surface area contributed by atoms with Crippen LogP contribution in [0.5, 0.6) is 0 Å². The molecule has 2 aromatic rings. The zero-order chi connectivity index (χ0) is 16.6. The number of pyridine rings is 1. The Bertz CT molecular complexity index is 817. The van der Waals surface area contributed by atoms with Gasteiger partial charge < -0.3 is 4.98 Å². The van der Waals surface area contributed by atoms with E-state index < -0.39 is 4.92 Å². The van der Waals surface area contributed by atoms with Crippen LogP contribution in [-0.2, 0) is 13.0 Å². The molecule has 0 saturated heterocycles. The Morgan fingerprint density at radius 1 is 1.43 bits per heavy atom. The quantitative estimate of drug-likeness (QED) is 0.680. The van der Waals surface area contributed by atoms with Gasteiger partial charge in [-0.05, 0) is 19.4 Å². The van der Waals surface area contributed by atoms with Gasteiger partial charge in [0.05, 0.1) is 11.0 Å². The van der Waals surface area contributed by atoms with Crippen molar-refractivity contribution in [2.24, 2.45) is 0 Å². The fourth-order valence-corrected chi connectivity index (χ4v) is 2.84. The van der Waals surface area contributed by atoms with Crippen molar-refractivity contribution in [3.8, 4) is 0 Å². The number of aromatic nitrogens is 3. The predicted molar refractivity (Wildman–Crippen MR) is 83.0 cm³/mol. The summed E-state index contributed by atoms with van der Waals surface area (Å²) in [6.45, 7) is 5.05. The van der Waals surface area contributed by atoms with Crippen molar-refractivity contribution < 1.29 is 4.92 Å². The lowest BCUT2D eigenvalue weighted by molar-refractivity contribution is -0.385. The summed E-state index contributed by atoms with van der Waals surface area (Å²) in [5, 5.41) is 10.9. The number of hydrogen-bond donors (Lipinski definition) is 1. The molecule has 0 fully saturated rings. The molecule has 0 unspecified atom stereocenters. The zero-order valence-electron chi connectivity index (χ0n) is 12.9. The normalized spacial score (nSPS) is 15.9. The van der Waals surface area contributed by atoms with Gasteiger partial charge in [-0.2, -0.15) is 0 Å². The monoisotopic (exact) mass is 315 g/mol. The highest BCUT2D eigenvalue weighted by Gasteiger charge is 2.25. The van der Waals surface area contributed by atoms with Gasteiger partial charge in [-0.3, -0.25) is 24.8 Å². The molecule has 0 bridgehead atoms. The largest absolute Gasteiger partial charge is 0.309 e. The third-order valence-electron chi connectivity index (χ3n) is 4.10. The fourth-order valence-electron chi connectivity index (χ4n) is 2.84. The molecule has 3 heterocycles. The Labute approximate surface area is 132 Å². The molecular weight excluding hydrogens is 298 g/mol. The summed E-state index contributed by atoms with van der Waals surface area (Å²) in [6.07, 6.45) is 2.02. The average Bonchev–Trinajstić information content (AvgIpc) is 2.52. The molecule has 0 aromatic carbocycles. The first-order valence-corrected chi connectivity index (χ1v) is 7.38. The number of aromatic amines is 1. The smallest absolute Gasteiger partial charge is 0.287 e. The number of hydrogen-bond acceptors (Lipinski definition) is 6. The highest BCUT2D eigenvalue weighted by Crippen LogP contribution is 2.26. The molecule has 0 aliphatic carbocycles. The standard InChI is InChI=1S/C15H17N5O3/c1-9-5-14(21)18-15(17-9)10(2)19-4-3-13-11(8-19)6-12(7-16-13)20(22)23/h5-7,10H,3-4,8H2,1-2H3,(H,17,18,21)/t10-/m0/s1. The first kappa shape index (κ1) is 15.3. The van der Waals surface area contributed by atoms with Crippen LogP contribution in [0.1, 0.15) is 35.7 Å². The molecule has 120 valence electrons. The van der Waals surface area contributed by atoms with E-state index in [1.165, 1.54) is 12.3 Å². The Morgan fingerprint density at radius 3 is 2.91 bits per heavy atom. The molecule has 0 amide bonds. The van der Waals surface area contributed by atoms with Crippen molar-refractivity contribution >= 4 is 5.69 Å². The zero-order valence-corrected chi connectivity index (χ0v) is 12.9. The van der Waals surface area contributed by atoms with Crippen molar-refractivity contribution in [2.45, 2.75) is 32.9 Å². The Kier molecular flexibility index (Phi) is 3.91. The van der Waals surface area contributed by atoms with E-state index in [9.17, 15) is 14.9 Å². The summed E-state index contributed by atoms with van der Waals surface area (Å²) >= 11 is 0. The van der Waals surface area contributed by atoms with Crippen molar-refractivity contribution in [3.05, 3.63) is 61.6 Å². The van der Waals surface area contributed by atoms with Crippen molar-refractivity contribution in [3.63, 3.8) is 0 Å². The molecule has 0 spiro atoms. The third kappa shape index (κ3) is 3.11. The second-order valence-corrected chi connectivity index (χ2v) is 5.72. The van der Waals surface area contributed by atoms with Crippen LogP contribution >= 0.6 is 0 Å². The van der Waals surface area contributed by atoms with Crippen molar-refractivity contribution in [1.82, 2.24) is 19.9 Å². The maximum Gasteiger partial charge on any atom is 0.287 e. The van der Waals surface area contributed by atoms with Gasteiger partial charge in [0.1, 0.15) is 12.0 Å². The minimum Gasteiger partial charge on any atom is -0.309 e. The summed E-state index contributed by atoms with van der Waals surface area (Å²) in [7, 11) is 0. The van der Waals surface area contributed by atoms with E-state index in [0.29, 0.717) is 24.5 Å². The van der Waals surface area contributed by atoms with Crippen LogP contribution in [0.15, 0.2) is 23.1 Å². The lowest BCUT2D eigenvalue weighted by atomic mass is 10.0. The Morgan fingerprint density at radius 2 is 2.22 bits per heavy atom. The highest BCUT2D eigenvalue weighted by atomic mass is 16.6. The van der Waals surface area contributed by atoms with Crippen LogP contribution in [0.2, 0.25) is 0 Å². The fraction of sp³-hybridized carbons (Fsp3) is 0.400. The first-order chi connectivity index (χ1) is 10.9. The van der Waals surface area contributed by atoms with Crippen LogP contribution in [-0.4, -0.2) is 31.3 Å². The van der Waals surface area contributed by atoms with E-state index in [2.05, 4.69) is 19.9 Å². The van der Waals surface area contributed by atoms with Crippen LogP contribution < -0.4 is 5.56 Å². The minimum absolute atomic E-state index is 0.000315. The number of rotatable bonds is 3. The molecule has 8 heteroatoms. The van der Waals surface area contributed by atoms with E-state index in [1.807, 2.05) is 6.92 Å². The van der Waals surface area contributed by atoms with Gasteiger partial charge >= 0.3 is 0 Å². The lowest BCUT2D eigenvalue weighted by Gasteiger charge is -2.32. The van der Waals surface area contributed by atoms with E-state index in [1.54, 1.807) is 13.0 Å². The molecule has 3 rings (SSSR count). The van der Waals surface area contributed by atoms with Gasteiger partial charge in [0.15, 0.2) is 0 Å². The van der Waals surface area contributed by atoms with Gasteiger partial charge in [-0.15, -0.1) is 0 Å². The Balaban J connectivity index is 1.87. The minimum atomic E-state index is -0.435. The summed E-state index contributed by atoms with van der Waals surface area (Å²) in [5.74, 6) is 0.608. The Hall–Kier alpha value is -2.61. The number of nitrogens with one attached hydrogen (secondary N) is 1. The van der Waals surface area contributed by atoms with Crippen molar-refractivity contribution in [1.29, 1.82) is 0 Å². The molecular formula is C15H17N5O3. The predicted octanol–water partition coefficient (Wildman–Crippen LogP) is 1.50.